The second-order valence-corrected chi connectivity index (χ2v) is 11.3. The van der Waals surface area contributed by atoms with Crippen molar-refractivity contribution in [1.82, 2.24) is 0 Å². The van der Waals surface area contributed by atoms with E-state index in [9.17, 15) is 7.00 Å². The monoisotopic (exact) mass is 741 g/mol. The summed E-state index contributed by atoms with van der Waals surface area (Å²) in [5, 5.41) is 13.1. The van der Waals surface area contributed by atoms with E-state index in [2.05, 4.69) is 57.5 Å². The Morgan fingerprint density at radius 3 is 0.861 bits per heavy atom. The predicted octanol–water partition coefficient (Wildman–Crippen LogP) is 9.65. The number of halogens is 2. The molecule has 7 heteroatoms. The van der Waals surface area contributed by atoms with Crippen molar-refractivity contribution < 1.29 is 32.8 Å². The molecule has 212 valence electrons. The Morgan fingerprint density at radius 2 is 0.722 bits per heavy atom. The van der Waals surface area contributed by atoms with Crippen LogP contribution in [0.5, 0.6) is 0 Å². The van der Waals surface area contributed by atoms with E-state index in [1.165, 1.54) is 89.2 Å². The molecular formula is C29H59F2GeHfN3. The van der Waals surface area contributed by atoms with Gasteiger partial charge in [-0.25, -0.2) is 0 Å². The first-order chi connectivity index (χ1) is 17.0. The van der Waals surface area contributed by atoms with Crippen LogP contribution in [-0.2, 0) is 25.8 Å². The van der Waals surface area contributed by atoms with Crippen LogP contribution in [0.1, 0.15) is 119 Å². The average molecular weight is 739 g/mol. The molecule has 0 amide bonds. The smallest absolute Gasteiger partial charge is 4.00 e. The largest absolute Gasteiger partial charge is 4.00 e. The van der Waals surface area contributed by atoms with Gasteiger partial charge in [-0.05, 0) is 0 Å². The summed E-state index contributed by atoms with van der Waals surface area (Å²) in [6, 6.07) is 6.27. The van der Waals surface area contributed by atoms with Crippen molar-refractivity contribution in [3.8, 4) is 0 Å². The van der Waals surface area contributed by atoms with Gasteiger partial charge in [-0.15, -0.1) is 39.3 Å². The van der Waals surface area contributed by atoms with Gasteiger partial charge in [0.2, 0.25) is 0 Å². The molecule has 0 saturated heterocycles. The molecule has 0 aliphatic heterocycles. The Hall–Kier alpha value is 0.503. The molecular weight excluding hydrogens is 679 g/mol. The summed E-state index contributed by atoms with van der Waals surface area (Å²) in [6.45, 7) is 19.7. The zero-order valence-corrected chi connectivity index (χ0v) is 30.7. The van der Waals surface area contributed by atoms with Gasteiger partial charge in [-0.2, -0.15) is 0 Å². The molecule has 0 N–H and O–H groups in total. The van der Waals surface area contributed by atoms with E-state index in [4.69, 9.17) is 0 Å². The SMILES string of the molecule is CCCC[N-]CCCC.CCCC[N-]CCCC.CCCC[N-]CCCC.[F][GeH]([F])[c-]1cccc1.[Hf+4]. The maximum absolute atomic E-state index is 11.8. The minimum Gasteiger partial charge on any atom is 4.00 e. The van der Waals surface area contributed by atoms with E-state index in [0.717, 1.165) is 39.3 Å². The first-order valence-corrected chi connectivity index (χ1v) is 17.5. The van der Waals surface area contributed by atoms with Crippen LogP contribution in [-0.4, -0.2) is 54.5 Å². The summed E-state index contributed by atoms with van der Waals surface area (Å²) >= 11 is -3.89. The van der Waals surface area contributed by atoms with E-state index in [1.54, 1.807) is 12.1 Å². The zero-order chi connectivity index (χ0) is 26.8. The third kappa shape index (κ3) is 44.5. The van der Waals surface area contributed by atoms with Crippen LogP contribution < -0.4 is 4.40 Å². The zero-order valence-electron chi connectivity index (χ0n) is 24.7. The Bertz CT molecular complexity index is 387. The van der Waals surface area contributed by atoms with Gasteiger partial charge < -0.3 is 16.0 Å². The molecule has 0 saturated carbocycles. The molecule has 0 bridgehead atoms. The van der Waals surface area contributed by atoms with Gasteiger partial charge in [-0.3, -0.25) is 0 Å². The first kappa shape index (κ1) is 43.6. The minimum atomic E-state index is -3.89. The molecule has 1 rings (SSSR count). The molecule has 36 heavy (non-hydrogen) atoms. The van der Waals surface area contributed by atoms with Crippen LogP contribution in [0.25, 0.3) is 16.0 Å². The minimum absolute atomic E-state index is 0. The molecule has 0 radical (unpaired) electrons. The van der Waals surface area contributed by atoms with Crippen molar-refractivity contribution in [2.24, 2.45) is 0 Å². The fourth-order valence-corrected chi connectivity index (χ4v) is 3.57. The van der Waals surface area contributed by atoms with Crippen molar-refractivity contribution in [2.45, 2.75) is 119 Å². The Labute approximate surface area is 249 Å². The maximum atomic E-state index is 11.8. The topological polar surface area (TPSA) is 42.3 Å². The Morgan fingerprint density at radius 1 is 0.500 bits per heavy atom. The van der Waals surface area contributed by atoms with Gasteiger partial charge in [0.25, 0.3) is 0 Å². The third-order valence-corrected chi connectivity index (χ3v) is 6.82. The average Bonchev–Trinajstić information content (AvgIpc) is 3.41. The molecule has 0 atom stereocenters. The standard InChI is InChI=1S/3C8H18N.C5H5F2Ge.Hf/c3*1-3-5-7-9-8-6-4-2;6-8(7)5-3-1-2-4-5;/h3*3-8H2,1-2H3;1-4,8H;/q4*-1;+4. The number of hydrogen-bond donors (Lipinski definition) is 0. The summed E-state index contributed by atoms with van der Waals surface area (Å²) in [5.74, 6) is 0. The van der Waals surface area contributed by atoms with Crippen molar-refractivity contribution in [1.29, 1.82) is 0 Å². The summed E-state index contributed by atoms with van der Waals surface area (Å²) in [4.78, 5) is 0. The predicted molar refractivity (Wildman–Crippen MR) is 160 cm³/mol. The summed E-state index contributed by atoms with van der Waals surface area (Å²) < 4.78 is 23.9. The van der Waals surface area contributed by atoms with Crippen LogP contribution in [0.3, 0.4) is 0 Å². The van der Waals surface area contributed by atoms with Gasteiger partial charge in [0, 0.05) is 0 Å². The van der Waals surface area contributed by atoms with E-state index >= 15 is 0 Å². The second kappa shape index (κ2) is 42.6. The third-order valence-electron chi connectivity index (χ3n) is 4.96. The van der Waals surface area contributed by atoms with E-state index < -0.39 is 15.3 Å². The molecule has 0 unspecified atom stereocenters. The molecule has 0 heterocycles. The maximum Gasteiger partial charge on any atom is 4.00 e. The normalized spacial score (nSPS) is 9.81. The number of nitrogens with zero attached hydrogens (tertiary/aromatic N) is 3. The number of hydrogen-bond acceptors (Lipinski definition) is 0. The molecule has 0 aliphatic carbocycles. The van der Waals surface area contributed by atoms with Crippen molar-refractivity contribution in [2.75, 3.05) is 39.3 Å². The number of unbranched alkanes of at least 4 members (excludes halogenated alkanes) is 6. The molecule has 0 aliphatic rings. The molecule has 0 aromatic heterocycles. The number of rotatable bonds is 19. The van der Waals surface area contributed by atoms with Gasteiger partial charge in [0.15, 0.2) is 0 Å². The van der Waals surface area contributed by atoms with E-state index in [1.807, 2.05) is 0 Å². The summed E-state index contributed by atoms with van der Waals surface area (Å²) in [6.07, 6.45) is 15.2. The molecule has 1 aromatic carbocycles. The quantitative estimate of drug-likeness (QED) is 0.0771. The second-order valence-electron chi connectivity index (χ2n) is 8.65. The van der Waals surface area contributed by atoms with E-state index in [-0.39, 0.29) is 30.2 Å². The van der Waals surface area contributed by atoms with Crippen LogP contribution in [0.15, 0.2) is 24.3 Å². The molecule has 3 nitrogen and oxygen atoms in total. The van der Waals surface area contributed by atoms with Crippen LogP contribution in [0, 0.1) is 0 Å². The van der Waals surface area contributed by atoms with Gasteiger partial charge in [-0.1, -0.05) is 119 Å². The van der Waals surface area contributed by atoms with Gasteiger partial charge in [0.1, 0.15) is 0 Å². The molecule has 1 aromatic rings. The van der Waals surface area contributed by atoms with Gasteiger partial charge in [0.05, 0.1) is 0 Å². The summed E-state index contributed by atoms with van der Waals surface area (Å²) in [7, 11) is 0. The molecule has 0 fully saturated rings. The van der Waals surface area contributed by atoms with Crippen LogP contribution in [0.2, 0.25) is 0 Å². The Balaban J connectivity index is -0.000000188. The Kier molecular flexibility index (Phi) is 51.5. The van der Waals surface area contributed by atoms with Gasteiger partial charge >= 0.3 is 76.8 Å². The fraction of sp³-hybridized carbons (Fsp3) is 0.828. The molecule has 0 spiro atoms. The van der Waals surface area contributed by atoms with Crippen molar-refractivity contribution in [3.05, 3.63) is 40.2 Å². The van der Waals surface area contributed by atoms with Crippen molar-refractivity contribution in [3.63, 3.8) is 0 Å². The van der Waals surface area contributed by atoms with E-state index in [0.29, 0.717) is 0 Å². The van der Waals surface area contributed by atoms with Crippen molar-refractivity contribution >= 4 is 19.7 Å². The fourth-order valence-electron chi connectivity index (χ4n) is 2.49. The van der Waals surface area contributed by atoms with Crippen LogP contribution >= 0.6 is 0 Å². The first-order valence-electron chi connectivity index (χ1n) is 14.4. The van der Waals surface area contributed by atoms with Crippen LogP contribution in [0.4, 0.5) is 7.00 Å². The summed E-state index contributed by atoms with van der Waals surface area (Å²) in [5.41, 5.74) is 0.